The molecule has 0 aliphatic rings. The smallest absolute Gasteiger partial charge is 0.261 e. The second-order valence-corrected chi connectivity index (χ2v) is 7.45. The molecule has 2 N–H and O–H groups in total. The Morgan fingerprint density at radius 2 is 1.42 bits per heavy atom. The summed E-state index contributed by atoms with van der Waals surface area (Å²) < 4.78 is 27.6. The van der Waals surface area contributed by atoms with Crippen LogP contribution in [0.1, 0.15) is 15.9 Å². The highest BCUT2D eigenvalue weighted by Gasteiger charge is 2.16. The van der Waals surface area contributed by atoms with Gasteiger partial charge in [0.05, 0.1) is 10.6 Å². The molecule has 0 bridgehead atoms. The first-order chi connectivity index (χ1) is 12.5. The van der Waals surface area contributed by atoms with E-state index in [1.54, 1.807) is 24.3 Å². The molecular formula is C20H18N2O3S. The molecule has 0 atom stereocenters. The third-order valence-corrected chi connectivity index (χ3v) is 5.23. The summed E-state index contributed by atoms with van der Waals surface area (Å²) in [5.41, 5.74) is 2.41. The van der Waals surface area contributed by atoms with Crippen molar-refractivity contribution in [2.24, 2.45) is 0 Å². The third-order valence-electron chi connectivity index (χ3n) is 3.85. The minimum atomic E-state index is -3.72. The van der Waals surface area contributed by atoms with Gasteiger partial charge in [0.25, 0.3) is 15.9 Å². The first-order valence-electron chi connectivity index (χ1n) is 8.01. The zero-order valence-corrected chi connectivity index (χ0v) is 15.0. The van der Waals surface area contributed by atoms with Gasteiger partial charge in [0, 0.05) is 11.3 Å². The molecule has 0 saturated heterocycles. The fraction of sp³-hybridized carbons (Fsp3) is 0.0500. The van der Waals surface area contributed by atoms with Crippen LogP contribution in [0.2, 0.25) is 0 Å². The molecule has 0 heterocycles. The van der Waals surface area contributed by atoms with Gasteiger partial charge in [-0.3, -0.25) is 9.52 Å². The molecule has 0 radical (unpaired) electrons. The Morgan fingerprint density at radius 1 is 0.808 bits per heavy atom. The van der Waals surface area contributed by atoms with Gasteiger partial charge in [-0.25, -0.2) is 8.42 Å². The summed E-state index contributed by atoms with van der Waals surface area (Å²) in [5, 5.41) is 2.76. The second kappa shape index (κ2) is 7.41. The van der Waals surface area contributed by atoms with Crippen LogP contribution in [0, 0.1) is 6.92 Å². The van der Waals surface area contributed by atoms with Crippen LogP contribution in [0.3, 0.4) is 0 Å². The highest BCUT2D eigenvalue weighted by molar-refractivity contribution is 7.92. The molecule has 0 spiro atoms. The summed E-state index contributed by atoms with van der Waals surface area (Å²) >= 11 is 0. The highest BCUT2D eigenvalue weighted by Crippen LogP contribution is 2.20. The number of hydrogen-bond donors (Lipinski definition) is 2. The van der Waals surface area contributed by atoms with E-state index in [9.17, 15) is 13.2 Å². The van der Waals surface area contributed by atoms with E-state index in [4.69, 9.17) is 0 Å². The summed E-state index contributed by atoms with van der Waals surface area (Å²) in [6.45, 7) is 1.83. The predicted molar refractivity (Wildman–Crippen MR) is 103 cm³/mol. The molecule has 0 aromatic heterocycles. The Hall–Kier alpha value is -3.12. The Balaban J connectivity index is 1.76. The Bertz CT molecular complexity index is 1010. The fourth-order valence-corrected chi connectivity index (χ4v) is 3.53. The van der Waals surface area contributed by atoms with Gasteiger partial charge < -0.3 is 5.32 Å². The van der Waals surface area contributed by atoms with Crippen LogP contribution in [-0.2, 0) is 10.0 Å². The van der Waals surface area contributed by atoms with Crippen LogP contribution in [0.15, 0.2) is 83.8 Å². The number of anilines is 2. The van der Waals surface area contributed by atoms with Crippen molar-refractivity contribution < 1.29 is 13.2 Å². The van der Waals surface area contributed by atoms with E-state index in [1.165, 1.54) is 24.3 Å². The average Bonchev–Trinajstić information content (AvgIpc) is 2.64. The monoisotopic (exact) mass is 366 g/mol. The van der Waals surface area contributed by atoms with Crippen molar-refractivity contribution in [2.45, 2.75) is 11.8 Å². The maximum atomic E-state index is 12.5. The molecule has 132 valence electrons. The van der Waals surface area contributed by atoms with Crippen LogP contribution in [-0.4, -0.2) is 14.3 Å². The van der Waals surface area contributed by atoms with E-state index in [0.29, 0.717) is 16.9 Å². The maximum Gasteiger partial charge on any atom is 0.261 e. The Labute approximate surface area is 152 Å². The number of carbonyl (C=O) groups is 1. The van der Waals surface area contributed by atoms with E-state index < -0.39 is 10.0 Å². The molecule has 0 unspecified atom stereocenters. The molecule has 1 amide bonds. The van der Waals surface area contributed by atoms with Gasteiger partial charge >= 0.3 is 0 Å². The number of sulfonamides is 1. The van der Waals surface area contributed by atoms with E-state index in [1.807, 2.05) is 37.3 Å². The summed E-state index contributed by atoms with van der Waals surface area (Å²) in [4.78, 5) is 12.3. The van der Waals surface area contributed by atoms with Gasteiger partial charge in [0.2, 0.25) is 0 Å². The van der Waals surface area contributed by atoms with Crippen LogP contribution in [0.5, 0.6) is 0 Å². The molecule has 5 nitrogen and oxygen atoms in total. The quantitative estimate of drug-likeness (QED) is 0.715. The number of hydrogen-bond acceptors (Lipinski definition) is 3. The first-order valence-corrected chi connectivity index (χ1v) is 9.49. The number of amides is 1. The average molecular weight is 366 g/mol. The molecule has 3 aromatic carbocycles. The topological polar surface area (TPSA) is 75.3 Å². The predicted octanol–water partition coefficient (Wildman–Crippen LogP) is 4.05. The minimum absolute atomic E-state index is 0.0945. The molecule has 0 aliphatic carbocycles. The van der Waals surface area contributed by atoms with Crippen molar-refractivity contribution in [1.29, 1.82) is 0 Å². The first kappa shape index (κ1) is 17.7. The van der Waals surface area contributed by atoms with Crippen molar-refractivity contribution in [3.8, 4) is 0 Å². The van der Waals surface area contributed by atoms with Gasteiger partial charge in [0.1, 0.15) is 0 Å². The summed E-state index contributed by atoms with van der Waals surface area (Å²) in [5.74, 6) is -0.299. The lowest BCUT2D eigenvalue weighted by Gasteiger charge is -2.11. The number of benzene rings is 3. The van der Waals surface area contributed by atoms with E-state index in [-0.39, 0.29) is 10.8 Å². The van der Waals surface area contributed by atoms with Gasteiger partial charge in [-0.2, -0.15) is 0 Å². The van der Waals surface area contributed by atoms with Crippen LogP contribution < -0.4 is 10.0 Å². The van der Waals surface area contributed by atoms with Crippen molar-refractivity contribution in [1.82, 2.24) is 0 Å². The standard InChI is InChI=1S/C20H18N2O3S/c1-15-7-5-6-10-19(15)22-26(24,25)18-13-11-16(12-14-18)20(23)21-17-8-3-2-4-9-17/h2-14,22H,1H3,(H,21,23). The Morgan fingerprint density at radius 3 is 2.08 bits per heavy atom. The van der Waals surface area contributed by atoms with Crippen molar-refractivity contribution in [3.05, 3.63) is 90.0 Å². The molecule has 0 aliphatic heterocycles. The van der Waals surface area contributed by atoms with Crippen LogP contribution in [0.4, 0.5) is 11.4 Å². The zero-order valence-electron chi connectivity index (χ0n) is 14.1. The molecule has 26 heavy (non-hydrogen) atoms. The van der Waals surface area contributed by atoms with Gasteiger partial charge in [-0.15, -0.1) is 0 Å². The summed E-state index contributed by atoms with van der Waals surface area (Å²) in [6.07, 6.45) is 0. The third kappa shape index (κ3) is 4.10. The number of nitrogens with one attached hydrogen (secondary N) is 2. The summed E-state index contributed by atoms with van der Waals surface area (Å²) in [7, 11) is -3.72. The molecular weight excluding hydrogens is 348 g/mol. The molecule has 6 heteroatoms. The normalized spacial score (nSPS) is 11.0. The lowest BCUT2D eigenvalue weighted by Crippen LogP contribution is -2.15. The lowest BCUT2D eigenvalue weighted by molar-refractivity contribution is 0.102. The van der Waals surface area contributed by atoms with Crippen molar-refractivity contribution >= 4 is 27.3 Å². The SMILES string of the molecule is Cc1ccccc1NS(=O)(=O)c1ccc(C(=O)Nc2ccccc2)cc1. The lowest BCUT2D eigenvalue weighted by atomic mass is 10.2. The number of para-hydroxylation sites is 2. The second-order valence-electron chi connectivity index (χ2n) is 5.76. The molecule has 0 fully saturated rings. The van der Waals surface area contributed by atoms with Crippen molar-refractivity contribution in [3.63, 3.8) is 0 Å². The van der Waals surface area contributed by atoms with E-state index >= 15 is 0 Å². The van der Waals surface area contributed by atoms with E-state index in [0.717, 1.165) is 5.56 Å². The summed E-state index contributed by atoms with van der Waals surface area (Å²) in [6, 6.07) is 22.0. The molecule has 0 saturated carbocycles. The number of rotatable bonds is 5. The van der Waals surface area contributed by atoms with Crippen molar-refractivity contribution in [2.75, 3.05) is 10.0 Å². The van der Waals surface area contributed by atoms with Crippen LogP contribution in [0.25, 0.3) is 0 Å². The fourth-order valence-electron chi connectivity index (χ4n) is 2.40. The minimum Gasteiger partial charge on any atom is -0.322 e. The zero-order chi connectivity index (χ0) is 18.6. The number of carbonyl (C=O) groups excluding carboxylic acids is 1. The molecule has 3 aromatic rings. The maximum absolute atomic E-state index is 12.5. The van der Waals surface area contributed by atoms with Gasteiger partial charge in [-0.05, 0) is 55.0 Å². The van der Waals surface area contributed by atoms with E-state index in [2.05, 4.69) is 10.0 Å². The molecule has 3 rings (SSSR count). The van der Waals surface area contributed by atoms with Gasteiger partial charge in [0.15, 0.2) is 0 Å². The Kier molecular flexibility index (Phi) is 5.04. The van der Waals surface area contributed by atoms with Crippen LogP contribution >= 0.6 is 0 Å². The van der Waals surface area contributed by atoms with Gasteiger partial charge in [-0.1, -0.05) is 36.4 Å². The number of aryl methyl sites for hydroxylation is 1. The largest absolute Gasteiger partial charge is 0.322 e. The highest BCUT2D eigenvalue weighted by atomic mass is 32.2.